The Labute approximate surface area is 324 Å². The Morgan fingerprint density at radius 2 is 0.839 bits per heavy atom. The zero-order chi connectivity index (χ0) is 37.0. The van der Waals surface area contributed by atoms with Crippen LogP contribution < -0.4 is 9.80 Å². The van der Waals surface area contributed by atoms with Crippen molar-refractivity contribution in [2.24, 2.45) is 0 Å². The fourth-order valence-electron chi connectivity index (χ4n) is 8.37. The van der Waals surface area contributed by atoms with Crippen LogP contribution in [0.5, 0.6) is 0 Å². The van der Waals surface area contributed by atoms with E-state index >= 15 is 0 Å². The first-order valence-corrected chi connectivity index (χ1v) is 19.0. The third-order valence-electron chi connectivity index (χ3n) is 10.9. The Hall–Kier alpha value is -7.56. The Morgan fingerprint density at radius 3 is 1.66 bits per heavy atom. The first kappa shape index (κ1) is 31.9. The van der Waals surface area contributed by atoms with Gasteiger partial charge in [0.25, 0.3) is 0 Å². The van der Waals surface area contributed by atoms with E-state index in [4.69, 9.17) is 4.42 Å². The van der Waals surface area contributed by atoms with Gasteiger partial charge in [0.2, 0.25) is 0 Å². The lowest BCUT2D eigenvalue weighted by Crippen LogP contribution is -2.13. The van der Waals surface area contributed by atoms with E-state index < -0.39 is 0 Å². The Morgan fingerprint density at radius 1 is 0.304 bits per heavy atom. The summed E-state index contributed by atoms with van der Waals surface area (Å²) >= 11 is 0. The fourth-order valence-corrected chi connectivity index (χ4v) is 8.37. The highest BCUT2D eigenvalue weighted by Gasteiger charge is 2.21. The number of anilines is 6. The number of nitrogens with zero attached hydrogens (tertiary/aromatic N) is 3. The van der Waals surface area contributed by atoms with Crippen LogP contribution in [0.15, 0.2) is 217 Å². The predicted octanol–water partition coefficient (Wildman–Crippen LogP) is 14.8. The highest BCUT2D eigenvalue weighted by molar-refractivity contribution is 6.10. The van der Waals surface area contributed by atoms with Crippen molar-refractivity contribution in [1.29, 1.82) is 0 Å². The first-order chi connectivity index (χ1) is 27.8. The van der Waals surface area contributed by atoms with E-state index in [0.29, 0.717) is 0 Å². The summed E-state index contributed by atoms with van der Waals surface area (Å²) in [6, 6.07) is 75.7. The summed E-state index contributed by atoms with van der Waals surface area (Å²) in [6.45, 7) is 0. The van der Waals surface area contributed by atoms with Gasteiger partial charge in [-0.05, 0) is 102 Å². The van der Waals surface area contributed by atoms with Crippen molar-refractivity contribution in [2.45, 2.75) is 0 Å². The average molecular weight is 718 g/mol. The monoisotopic (exact) mass is 717 g/mol. The molecule has 0 aliphatic heterocycles. The zero-order valence-electron chi connectivity index (χ0n) is 30.5. The number of hydrogen-bond acceptors (Lipinski definition) is 3. The molecule has 9 aromatic carbocycles. The summed E-state index contributed by atoms with van der Waals surface area (Å²) < 4.78 is 8.80. The van der Waals surface area contributed by atoms with Crippen LogP contribution in [0.3, 0.4) is 0 Å². The maximum Gasteiger partial charge on any atom is 0.137 e. The number of para-hydroxylation sites is 4. The summed E-state index contributed by atoms with van der Waals surface area (Å²) in [4.78, 5) is 4.69. The SMILES string of the molecule is c1ccc(N(c2cccc(N(c3ccc4ccccc4c3)c3ccc4c(c3)oc3ccccc34)c2)c2ccc3c4ccccc4n(-c4ccccc4)c3c2)cc1. The van der Waals surface area contributed by atoms with Crippen LogP contribution in [-0.2, 0) is 0 Å². The minimum absolute atomic E-state index is 0.860. The summed E-state index contributed by atoms with van der Waals surface area (Å²) in [6.07, 6.45) is 0. The molecule has 0 radical (unpaired) electrons. The standard InChI is InChI=1S/C52H35N3O/c1-3-16-38(17-4-1)53(43-28-30-46-45-22-9-11-24-49(45)55(50(46)34-43)39-18-5-2-6-19-39)40-20-13-21-41(33-40)54(42-27-26-36-14-7-8-15-37(36)32-42)44-29-31-48-47-23-10-12-25-51(47)56-52(48)35-44/h1-35H. The van der Waals surface area contributed by atoms with Crippen molar-refractivity contribution in [3.8, 4) is 5.69 Å². The van der Waals surface area contributed by atoms with Crippen LogP contribution in [0.4, 0.5) is 34.1 Å². The van der Waals surface area contributed by atoms with E-state index in [9.17, 15) is 0 Å². The molecule has 11 rings (SSSR count). The van der Waals surface area contributed by atoms with Gasteiger partial charge < -0.3 is 18.8 Å². The van der Waals surface area contributed by atoms with Crippen molar-refractivity contribution in [3.05, 3.63) is 212 Å². The number of hydrogen-bond donors (Lipinski definition) is 0. The minimum Gasteiger partial charge on any atom is -0.456 e. The first-order valence-electron chi connectivity index (χ1n) is 19.0. The second-order valence-corrected chi connectivity index (χ2v) is 14.2. The van der Waals surface area contributed by atoms with E-state index in [1.54, 1.807) is 0 Å². The lowest BCUT2D eigenvalue weighted by molar-refractivity contribution is 0.669. The molecule has 0 aliphatic rings. The Kier molecular flexibility index (Phi) is 7.46. The number of furan rings is 1. The van der Waals surface area contributed by atoms with Crippen LogP contribution in [0.25, 0.3) is 60.2 Å². The molecule has 0 atom stereocenters. The topological polar surface area (TPSA) is 24.6 Å². The quantitative estimate of drug-likeness (QED) is 0.164. The third kappa shape index (κ3) is 5.31. The largest absolute Gasteiger partial charge is 0.456 e. The third-order valence-corrected chi connectivity index (χ3v) is 10.9. The van der Waals surface area contributed by atoms with Crippen molar-refractivity contribution < 1.29 is 4.42 Å². The van der Waals surface area contributed by atoms with Crippen molar-refractivity contribution in [1.82, 2.24) is 4.57 Å². The highest BCUT2D eigenvalue weighted by atomic mass is 16.3. The van der Waals surface area contributed by atoms with Gasteiger partial charge in [-0.3, -0.25) is 0 Å². The normalized spacial score (nSPS) is 11.6. The molecule has 2 aromatic heterocycles. The van der Waals surface area contributed by atoms with Gasteiger partial charge >= 0.3 is 0 Å². The lowest BCUT2D eigenvalue weighted by atomic mass is 10.1. The molecule has 0 aliphatic carbocycles. The molecular formula is C52H35N3O. The van der Waals surface area contributed by atoms with Crippen LogP contribution in [0.2, 0.25) is 0 Å². The van der Waals surface area contributed by atoms with Crippen molar-refractivity contribution >= 4 is 88.6 Å². The molecule has 2 heterocycles. The van der Waals surface area contributed by atoms with Gasteiger partial charge in [-0.1, -0.05) is 115 Å². The van der Waals surface area contributed by atoms with E-state index in [1.165, 1.54) is 27.1 Å². The van der Waals surface area contributed by atoms with Gasteiger partial charge in [-0.2, -0.15) is 0 Å². The van der Waals surface area contributed by atoms with E-state index in [1.807, 2.05) is 12.1 Å². The minimum atomic E-state index is 0.860. The maximum atomic E-state index is 6.42. The molecular weight excluding hydrogens is 683 g/mol. The molecule has 0 saturated carbocycles. The smallest absolute Gasteiger partial charge is 0.137 e. The maximum absolute atomic E-state index is 6.42. The highest BCUT2D eigenvalue weighted by Crippen LogP contribution is 2.44. The molecule has 56 heavy (non-hydrogen) atoms. The Balaban J connectivity index is 1.11. The molecule has 0 bridgehead atoms. The van der Waals surface area contributed by atoms with Gasteiger partial charge in [0.1, 0.15) is 11.2 Å². The van der Waals surface area contributed by atoms with Crippen LogP contribution in [0, 0.1) is 0 Å². The fraction of sp³-hybridized carbons (Fsp3) is 0. The molecule has 4 heteroatoms. The van der Waals surface area contributed by atoms with Crippen LogP contribution in [-0.4, -0.2) is 4.57 Å². The summed E-state index contributed by atoms with van der Waals surface area (Å²) in [5.74, 6) is 0. The summed E-state index contributed by atoms with van der Waals surface area (Å²) in [5.41, 5.74) is 11.5. The van der Waals surface area contributed by atoms with E-state index in [2.05, 4.69) is 215 Å². The summed E-state index contributed by atoms with van der Waals surface area (Å²) in [7, 11) is 0. The summed E-state index contributed by atoms with van der Waals surface area (Å²) in [5, 5.41) is 7.07. The van der Waals surface area contributed by atoms with Gasteiger partial charge in [-0.25, -0.2) is 0 Å². The molecule has 11 aromatic rings. The second-order valence-electron chi connectivity index (χ2n) is 14.2. The molecule has 0 N–H and O–H groups in total. The van der Waals surface area contributed by atoms with Gasteiger partial charge in [0.15, 0.2) is 0 Å². The number of benzene rings is 9. The van der Waals surface area contributed by atoms with Crippen molar-refractivity contribution in [2.75, 3.05) is 9.80 Å². The molecule has 0 unspecified atom stereocenters. The number of fused-ring (bicyclic) bond motifs is 7. The molecule has 0 spiro atoms. The second kappa shape index (κ2) is 13.1. The van der Waals surface area contributed by atoms with Crippen molar-refractivity contribution in [3.63, 3.8) is 0 Å². The van der Waals surface area contributed by atoms with E-state index in [0.717, 1.165) is 67.3 Å². The number of rotatable bonds is 7. The van der Waals surface area contributed by atoms with Crippen LogP contribution >= 0.6 is 0 Å². The van der Waals surface area contributed by atoms with Gasteiger partial charge in [0.05, 0.1) is 11.0 Å². The average Bonchev–Trinajstić information content (AvgIpc) is 3.80. The number of aromatic nitrogens is 1. The lowest BCUT2D eigenvalue weighted by Gasteiger charge is -2.29. The Bertz CT molecular complexity index is 3220. The van der Waals surface area contributed by atoms with Crippen LogP contribution in [0.1, 0.15) is 0 Å². The zero-order valence-corrected chi connectivity index (χ0v) is 30.5. The molecule has 0 saturated heterocycles. The van der Waals surface area contributed by atoms with Gasteiger partial charge in [-0.15, -0.1) is 0 Å². The van der Waals surface area contributed by atoms with E-state index in [-0.39, 0.29) is 0 Å². The molecule has 4 nitrogen and oxygen atoms in total. The predicted molar refractivity (Wildman–Crippen MR) is 235 cm³/mol. The van der Waals surface area contributed by atoms with Gasteiger partial charge in [0, 0.05) is 67.4 Å². The molecule has 264 valence electrons. The molecule has 0 amide bonds. The molecule has 0 fully saturated rings.